The minimum Gasteiger partial charge on any atom is -0.349 e. The molecule has 1 N–H and O–H groups in total. The van der Waals surface area contributed by atoms with Gasteiger partial charge in [-0.3, -0.25) is 4.79 Å². The molecule has 1 aliphatic rings. The van der Waals surface area contributed by atoms with Gasteiger partial charge in [-0.1, -0.05) is 13.8 Å². The van der Waals surface area contributed by atoms with Gasteiger partial charge < -0.3 is 5.32 Å². The summed E-state index contributed by atoms with van der Waals surface area (Å²) in [5.74, 6) is 0.0820. The van der Waals surface area contributed by atoms with Gasteiger partial charge in [-0.25, -0.2) is 0 Å². The molecule has 100 valence electrons. The molecule has 0 bridgehead atoms. The van der Waals surface area contributed by atoms with Crippen LogP contribution in [0.4, 0.5) is 0 Å². The Morgan fingerprint density at radius 3 is 2.56 bits per heavy atom. The first-order valence-electron chi connectivity index (χ1n) is 6.44. The molecule has 1 aromatic heterocycles. The lowest BCUT2D eigenvalue weighted by atomic mass is 9.75. The minimum atomic E-state index is 0.0820. The smallest absolute Gasteiger partial charge is 0.261 e. The van der Waals surface area contributed by atoms with Crippen molar-refractivity contribution in [2.75, 3.05) is 0 Å². The molecule has 0 unspecified atom stereocenters. The minimum absolute atomic E-state index is 0.0820. The van der Waals surface area contributed by atoms with Gasteiger partial charge in [-0.2, -0.15) is 0 Å². The van der Waals surface area contributed by atoms with E-state index in [0.29, 0.717) is 11.5 Å². The zero-order valence-corrected chi connectivity index (χ0v) is 13.6. The van der Waals surface area contributed by atoms with Crippen molar-refractivity contribution in [3.63, 3.8) is 0 Å². The molecule has 1 aromatic rings. The highest BCUT2D eigenvalue weighted by Crippen LogP contribution is 2.35. The van der Waals surface area contributed by atoms with Gasteiger partial charge in [0.15, 0.2) is 0 Å². The Hall–Kier alpha value is -0.350. The van der Waals surface area contributed by atoms with Crippen LogP contribution in [0.25, 0.3) is 0 Å². The Morgan fingerprint density at radius 2 is 2.06 bits per heavy atom. The van der Waals surface area contributed by atoms with E-state index in [-0.39, 0.29) is 5.91 Å². The molecule has 4 heteroatoms. The summed E-state index contributed by atoms with van der Waals surface area (Å²) in [4.78, 5) is 12.9. The van der Waals surface area contributed by atoms with Crippen molar-refractivity contribution in [3.8, 4) is 0 Å². The average Bonchev–Trinajstić information content (AvgIpc) is 2.62. The second kappa shape index (κ2) is 5.33. The number of halogens is 1. The maximum Gasteiger partial charge on any atom is 0.261 e. The van der Waals surface area contributed by atoms with E-state index in [1.807, 2.05) is 13.0 Å². The van der Waals surface area contributed by atoms with Gasteiger partial charge in [0.1, 0.15) is 0 Å². The van der Waals surface area contributed by atoms with Crippen molar-refractivity contribution >= 4 is 33.2 Å². The summed E-state index contributed by atoms with van der Waals surface area (Å²) in [6.45, 7) is 6.63. The van der Waals surface area contributed by atoms with Crippen molar-refractivity contribution in [3.05, 3.63) is 20.3 Å². The van der Waals surface area contributed by atoms with Crippen LogP contribution < -0.4 is 5.32 Å². The number of rotatable bonds is 2. The molecule has 2 nitrogen and oxygen atoms in total. The van der Waals surface area contributed by atoms with Crippen LogP contribution in [0.15, 0.2) is 9.85 Å². The van der Waals surface area contributed by atoms with Gasteiger partial charge in [-0.05, 0) is 65.6 Å². The molecular formula is C14H20BrNOS. The van der Waals surface area contributed by atoms with Crippen LogP contribution in [-0.4, -0.2) is 11.9 Å². The Balaban J connectivity index is 1.92. The monoisotopic (exact) mass is 329 g/mol. The van der Waals surface area contributed by atoms with Crippen LogP contribution >= 0.6 is 27.3 Å². The van der Waals surface area contributed by atoms with Gasteiger partial charge >= 0.3 is 0 Å². The molecule has 1 aliphatic carbocycles. The normalized spacial score (nSPS) is 19.8. The Bertz CT molecular complexity index is 423. The third kappa shape index (κ3) is 3.35. The molecule has 0 saturated heterocycles. The molecule has 2 rings (SSSR count). The number of nitrogens with one attached hydrogen (secondary N) is 1. The van der Waals surface area contributed by atoms with Crippen LogP contribution in [0, 0.1) is 12.3 Å². The van der Waals surface area contributed by atoms with Crippen molar-refractivity contribution in [1.82, 2.24) is 5.32 Å². The zero-order valence-electron chi connectivity index (χ0n) is 11.2. The van der Waals surface area contributed by atoms with Crippen molar-refractivity contribution in [2.45, 2.75) is 52.5 Å². The van der Waals surface area contributed by atoms with E-state index < -0.39 is 0 Å². The molecule has 1 fully saturated rings. The van der Waals surface area contributed by atoms with Gasteiger partial charge in [-0.15, -0.1) is 11.3 Å². The largest absolute Gasteiger partial charge is 0.349 e. The molecule has 0 aromatic carbocycles. The Labute approximate surface area is 121 Å². The zero-order chi connectivity index (χ0) is 13.3. The average molecular weight is 330 g/mol. The summed E-state index contributed by atoms with van der Waals surface area (Å²) >= 11 is 4.98. The molecule has 18 heavy (non-hydrogen) atoms. The third-order valence-corrected chi connectivity index (χ3v) is 5.89. The molecule has 1 amide bonds. The van der Waals surface area contributed by atoms with Gasteiger partial charge in [0.05, 0.1) is 8.66 Å². The lowest BCUT2D eigenvalue weighted by Crippen LogP contribution is -2.38. The number of aryl methyl sites for hydroxylation is 1. The van der Waals surface area contributed by atoms with E-state index in [2.05, 4.69) is 35.1 Å². The first-order valence-corrected chi connectivity index (χ1v) is 8.05. The summed E-state index contributed by atoms with van der Waals surface area (Å²) in [5, 5.41) is 3.16. The molecular weight excluding hydrogens is 310 g/mol. The van der Waals surface area contributed by atoms with Crippen LogP contribution in [0.3, 0.4) is 0 Å². The van der Waals surface area contributed by atoms with E-state index in [9.17, 15) is 4.79 Å². The number of carbonyl (C=O) groups excluding carboxylic acids is 1. The number of carbonyl (C=O) groups is 1. The summed E-state index contributed by atoms with van der Waals surface area (Å²) in [6, 6.07) is 2.31. The predicted octanol–water partition coefficient (Wildman–Crippen LogP) is 4.52. The van der Waals surface area contributed by atoms with Gasteiger partial charge in [0.25, 0.3) is 5.91 Å². The Morgan fingerprint density at radius 1 is 1.44 bits per heavy atom. The van der Waals surface area contributed by atoms with E-state index in [1.54, 1.807) is 0 Å². The predicted molar refractivity (Wildman–Crippen MR) is 80.3 cm³/mol. The first-order chi connectivity index (χ1) is 8.37. The molecule has 1 saturated carbocycles. The molecule has 1 heterocycles. The van der Waals surface area contributed by atoms with Gasteiger partial charge in [0.2, 0.25) is 0 Å². The number of amides is 1. The highest BCUT2D eigenvalue weighted by Gasteiger charge is 2.28. The fraction of sp³-hybridized carbons (Fsp3) is 0.643. The number of hydrogen-bond acceptors (Lipinski definition) is 2. The van der Waals surface area contributed by atoms with Crippen LogP contribution in [0.1, 0.15) is 54.8 Å². The van der Waals surface area contributed by atoms with E-state index in [4.69, 9.17) is 0 Å². The van der Waals surface area contributed by atoms with Crippen molar-refractivity contribution < 1.29 is 4.79 Å². The molecule has 0 aliphatic heterocycles. The molecule has 0 atom stereocenters. The fourth-order valence-corrected chi connectivity index (χ4v) is 3.81. The summed E-state index contributed by atoms with van der Waals surface area (Å²) in [6.07, 6.45) is 4.60. The van der Waals surface area contributed by atoms with Crippen molar-refractivity contribution in [1.29, 1.82) is 0 Å². The number of hydrogen-bond donors (Lipinski definition) is 1. The highest BCUT2D eigenvalue weighted by atomic mass is 79.9. The SMILES string of the molecule is Cc1cc(C(=O)NC2CCC(C)(C)CC2)sc1Br. The maximum absolute atomic E-state index is 12.1. The standard InChI is InChI=1S/C14H20BrNOS/c1-9-8-11(18-12(9)15)13(17)16-10-4-6-14(2,3)7-5-10/h8,10H,4-7H2,1-3H3,(H,16,17). The Kier molecular flexibility index (Phi) is 4.17. The lowest BCUT2D eigenvalue weighted by Gasteiger charge is -2.34. The highest BCUT2D eigenvalue weighted by molar-refractivity contribution is 9.11. The molecule has 0 spiro atoms. The maximum atomic E-state index is 12.1. The summed E-state index contributed by atoms with van der Waals surface area (Å²) < 4.78 is 1.05. The lowest BCUT2D eigenvalue weighted by molar-refractivity contribution is 0.0913. The third-order valence-electron chi connectivity index (χ3n) is 3.76. The van der Waals surface area contributed by atoms with Gasteiger partial charge in [0, 0.05) is 6.04 Å². The van der Waals surface area contributed by atoms with Crippen LogP contribution in [0.5, 0.6) is 0 Å². The second-order valence-corrected chi connectivity index (χ2v) is 8.35. The topological polar surface area (TPSA) is 29.1 Å². The first kappa shape index (κ1) is 14.1. The summed E-state index contributed by atoms with van der Waals surface area (Å²) in [7, 11) is 0. The second-order valence-electron chi connectivity index (χ2n) is 5.98. The van der Waals surface area contributed by atoms with Crippen molar-refractivity contribution in [2.24, 2.45) is 5.41 Å². The number of thiophene rings is 1. The summed E-state index contributed by atoms with van der Waals surface area (Å²) in [5.41, 5.74) is 1.58. The van der Waals surface area contributed by atoms with E-state index in [0.717, 1.165) is 27.1 Å². The fourth-order valence-electron chi connectivity index (χ4n) is 2.37. The quantitative estimate of drug-likeness (QED) is 0.849. The molecule has 0 radical (unpaired) electrons. The van der Waals surface area contributed by atoms with E-state index >= 15 is 0 Å². The van der Waals surface area contributed by atoms with Crippen LogP contribution in [-0.2, 0) is 0 Å². The van der Waals surface area contributed by atoms with Crippen LogP contribution in [0.2, 0.25) is 0 Å². The van der Waals surface area contributed by atoms with E-state index in [1.165, 1.54) is 24.2 Å².